The molecule has 0 spiro atoms. The molecule has 0 bridgehead atoms. The number of fused-ring (bicyclic) bond motifs is 1. The highest BCUT2D eigenvalue weighted by Crippen LogP contribution is 2.27. The number of nitrogens with zero attached hydrogens (tertiary/aromatic N) is 2. The van der Waals surface area contributed by atoms with Crippen LogP contribution < -0.4 is 10.1 Å². The second kappa shape index (κ2) is 7.20. The van der Waals surface area contributed by atoms with Crippen LogP contribution in [0.1, 0.15) is 20.8 Å². The van der Waals surface area contributed by atoms with Gasteiger partial charge in [-0.1, -0.05) is 30.3 Å². The Balaban J connectivity index is 1.55. The van der Waals surface area contributed by atoms with Crippen molar-refractivity contribution in [1.82, 2.24) is 9.88 Å². The van der Waals surface area contributed by atoms with Crippen LogP contribution in [0.2, 0.25) is 0 Å². The minimum Gasteiger partial charge on any atom is -0.491 e. The standard InChI is InChI=1S/C20H17N3O3S/c1-23-9-10-26-17-8-7-14(11-15(17)20(23)25)21-18(24)16-12-27-19(22-16)13-5-3-2-4-6-13/h2-8,11-12H,9-10H2,1H3,(H,21,24). The maximum absolute atomic E-state index is 12.5. The first-order valence-electron chi connectivity index (χ1n) is 8.46. The number of anilines is 1. The molecule has 6 nitrogen and oxygen atoms in total. The fraction of sp³-hybridized carbons (Fsp3) is 0.150. The average molecular weight is 379 g/mol. The zero-order valence-corrected chi connectivity index (χ0v) is 15.5. The lowest BCUT2D eigenvalue weighted by Gasteiger charge is -2.13. The van der Waals surface area contributed by atoms with Crippen LogP contribution in [0.25, 0.3) is 10.6 Å². The van der Waals surface area contributed by atoms with Gasteiger partial charge in [0.25, 0.3) is 11.8 Å². The zero-order valence-electron chi connectivity index (χ0n) is 14.6. The Morgan fingerprint density at radius 1 is 1.22 bits per heavy atom. The van der Waals surface area contributed by atoms with E-state index in [9.17, 15) is 9.59 Å². The van der Waals surface area contributed by atoms with Crippen molar-refractivity contribution in [1.29, 1.82) is 0 Å². The van der Waals surface area contributed by atoms with Crippen molar-refractivity contribution in [3.63, 3.8) is 0 Å². The zero-order chi connectivity index (χ0) is 18.8. The molecular weight excluding hydrogens is 362 g/mol. The van der Waals surface area contributed by atoms with Crippen molar-refractivity contribution in [2.45, 2.75) is 0 Å². The van der Waals surface area contributed by atoms with E-state index in [2.05, 4.69) is 10.3 Å². The minimum atomic E-state index is -0.316. The molecular formula is C20H17N3O3S. The molecule has 0 saturated heterocycles. The summed E-state index contributed by atoms with van der Waals surface area (Å²) in [4.78, 5) is 31.0. The predicted octanol–water partition coefficient (Wildman–Crippen LogP) is 3.53. The Hall–Kier alpha value is -3.19. The first kappa shape index (κ1) is 17.2. The first-order valence-corrected chi connectivity index (χ1v) is 9.34. The van der Waals surface area contributed by atoms with E-state index >= 15 is 0 Å². The number of carbonyl (C=O) groups is 2. The van der Waals surface area contributed by atoms with Crippen LogP contribution in [0.3, 0.4) is 0 Å². The molecule has 27 heavy (non-hydrogen) atoms. The summed E-state index contributed by atoms with van der Waals surface area (Å²) in [6.45, 7) is 0.971. The number of likely N-dealkylation sites (N-methyl/N-ethyl adjacent to an activating group) is 1. The molecule has 2 aromatic carbocycles. The van der Waals surface area contributed by atoms with Gasteiger partial charge in [0.15, 0.2) is 0 Å². The van der Waals surface area contributed by atoms with Gasteiger partial charge >= 0.3 is 0 Å². The molecule has 4 rings (SSSR count). The molecule has 0 saturated carbocycles. The second-order valence-corrected chi connectivity index (χ2v) is 7.00. The number of nitrogens with one attached hydrogen (secondary N) is 1. The van der Waals surface area contributed by atoms with Crippen molar-refractivity contribution in [2.75, 3.05) is 25.5 Å². The number of benzene rings is 2. The number of hydrogen-bond donors (Lipinski definition) is 1. The number of aromatic nitrogens is 1. The monoisotopic (exact) mass is 379 g/mol. The van der Waals surface area contributed by atoms with Gasteiger partial charge in [0.2, 0.25) is 0 Å². The van der Waals surface area contributed by atoms with E-state index in [1.165, 1.54) is 11.3 Å². The summed E-state index contributed by atoms with van der Waals surface area (Å²) in [7, 11) is 1.73. The highest BCUT2D eigenvalue weighted by molar-refractivity contribution is 7.13. The quantitative estimate of drug-likeness (QED) is 0.756. The van der Waals surface area contributed by atoms with Crippen molar-refractivity contribution >= 4 is 28.8 Å². The minimum absolute atomic E-state index is 0.126. The summed E-state index contributed by atoms with van der Waals surface area (Å²) in [5, 5.41) is 5.32. The fourth-order valence-corrected chi connectivity index (χ4v) is 3.59. The Labute approximate surface area is 160 Å². The fourth-order valence-electron chi connectivity index (χ4n) is 2.79. The van der Waals surface area contributed by atoms with E-state index in [0.717, 1.165) is 10.6 Å². The average Bonchev–Trinajstić information content (AvgIpc) is 3.14. The van der Waals surface area contributed by atoms with Crippen molar-refractivity contribution in [2.24, 2.45) is 0 Å². The van der Waals surface area contributed by atoms with Crippen molar-refractivity contribution < 1.29 is 14.3 Å². The van der Waals surface area contributed by atoms with Gasteiger partial charge < -0.3 is 15.0 Å². The van der Waals surface area contributed by atoms with E-state index in [0.29, 0.717) is 35.8 Å². The van der Waals surface area contributed by atoms with Gasteiger partial charge in [-0.15, -0.1) is 11.3 Å². The molecule has 1 aromatic heterocycles. The molecule has 3 aromatic rings. The summed E-state index contributed by atoms with van der Waals surface area (Å²) in [6, 6.07) is 14.8. The third kappa shape index (κ3) is 3.54. The van der Waals surface area contributed by atoms with Crippen LogP contribution in [-0.4, -0.2) is 41.9 Å². The lowest BCUT2D eigenvalue weighted by atomic mass is 10.1. The predicted molar refractivity (Wildman–Crippen MR) is 104 cm³/mol. The second-order valence-electron chi connectivity index (χ2n) is 6.14. The smallest absolute Gasteiger partial charge is 0.275 e. The molecule has 136 valence electrons. The number of amides is 2. The van der Waals surface area contributed by atoms with Gasteiger partial charge in [0, 0.05) is 23.7 Å². The number of hydrogen-bond acceptors (Lipinski definition) is 5. The highest BCUT2D eigenvalue weighted by Gasteiger charge is 2.22. The van der Waals surface area contributed by atoms with Crippen LogP contribution in [-0.2, 0) is 0 Å². The molecule has 1 aliphatic heterocycles. The third-order valence-electron chi connectivity index (χ3n) is 4.26. The van der Waals surface area contributed by atoms with E-state index in [4.69, 9.17) is 4.74 Å². The van der Waals surface area contributed by atoms with E-state index in [1.54, 1.807) is 35.5 Å². The Morgan fingerprint density at radius 3 is 2.85 bits per heavy atom. The first-order chi connectivity index (χ1) is 13.1. The molecule has 0 fully saturated rings. The summed E-state index contributed by atoms with van der Waals surface area (Å²) < 4.78 is 5.60. The maximum Gasteiger partial charge on any atom is 0.275 e. The largest absolute Gasteiger partial charge is 0.491 e. The Bertz CT molecular complexity index is 1000. The molecule has 0 radical (unpaired) electrons. The molecule has 1 N–H and O–H groups in total. The number of ether oxygens (including phenoxy) is 1. The number of thiazole rings is 1. The normalized spacial score (nSPS) is 13.5. The van der Waals surface area contributed by atoms with Gasteiger partial charge in [-0.3, -0.25) is 9.59 Å². The Kier molecular flexibility index (Phi) is 4.60. The summed E-state index contributed by atoms with van der Waals surface area (Å²) in [5.74, 6) is 0.0877. The maximum atomic E-state index is 12.5. The Morgan fingerprint density at radius 2 is 2.04 bits per heavy atom. The SMILES string of the molecule is CN1CCOc2ccc(NC(=O)c3csc(-c4ccccc4)n3)cc2C1=O. The topological polar surface area (TPSA) is 71.5 Å². The molecule has 0 unspecified atom stereocenters. The molecule has 2 amide bonds. The molecule has 1 aliphatic rings. The lowest BCUT2D eigenvalue weighted by molar-refractivity contribution is 0.0796. The molecule has 0 aliphatic carbocycles. The highest BCUT2D eigenvalue weighted by atomic mass is 32.1. The number of rotatable bonds is 3. The van der Waals surface area contributed by atoms with Crippen LogP contribution in [0.5, 0.6) is 5.75 Å². The van der Waals surface area contributed by atoms with Crippen LogP contribution in [0.15, 0.2) is 53.9 Å². The van der Waals surface area contributed by atoms with Crippen LogP contribution in [0, 0.1) is 0 Å². The lowest BCUT2D eigenvalue weighted by Crippen LogP contribution is -2.27. The van der Waals surface area contributed by atoms with Crippen LogP contribution >= 0.6 is 11.3 Å². The van der Waals surface area contributed by atoms with Crippen LogP contribution in [0.4, 0.5) is 5.69 Å². The van der Waals surface area contributed by atoms with Gasteiger partial charge in [0.05, 0.1) is 12.1 Å². The van der Waals surface area contributed by atoms with E-state index < -0.39 is 0 Å². The van der Waals surface area contributed by atoms with Crippen molar-refractivity contribution in [3.05, 3.63) is 65.2 Å². The van der Waals surface area contributed by atoms with Gasteiger partial charge in [0.1, 0.15) is 23.1 Å². The van der Waals surface area contributed by atoms with Gasteiger partial charge in [-0.2, -0.15) is 0 Å². The van der Waals surface area contributed by atoms with Gasteiger partial charge in [-0.05, 0) is 18.2 Å². The summed E-state index contributed by atoms with van der Waals surface area (Å²) in [6.07, 6.45) is 0. The third-order valence-corrected chi connectivity index (χ3v) is 5.15. The summed E-state index contributed by atoms with van der Waals surface area (Å²) in [5.41, 5.74) is 2.28. The molecule has 7 heteroatoms. The van der Waals surface area contributed by atoms with Gasteiger partial charge in [-0.25, -0.2) is 4.98 Å². The molecule has 2 heterocycles. The van der Waals surface area contributed by atoms with Crippen molar-refractivity contribution in [3.8, 4) is 16.3 Å². The van der Waals surface area contributed by atoms with E-state index in [1.807, 2.05) is 30.3 Å². The number of carbonyl (C=O) groups excluding carboxylic acids is 2. The summed E-state index contributed by atoms with van der Waals surface area (Å²) >= 11 is 1.42. The molecule has 0 atom stereocenters. The van der Waals surface area contributed by atoms with E-state index in [-0.39, 0.29) is 11.8 Å².